The van der Waals surface area contributed by atoms with Crippen molar-refractivity contribution >= 4 is 11.8 Å². The van der Waals surface area contributed by atoms with Gasteiger partial charge in [0.1, 0.15) is 17.4 Å². The second kappa shape index (κ2) is 9.67. The third-order valence-electron chi connectivity index (χ3n) is 3.74. The Morgan fingerprint density at radius 2 is 1.61 bits per heavy atom. The van der Waals surface area contributed by atoms with Crippen LogP contribution < -0.4 is 5.73 Å². The molecule has 3 N–H and O–H groups in total. The fourth-order valence-corrected chi connectivity index (χ4v) is 2.39. The van der Waals surface area contributed by atoms with E-state index in [1.165, 1.54) is 26.0 Å². The third kappa shape index (κ3) is 6.15. The molecule has 0 spiro atoms. The number of aliphatic hydroxyl groups is 1. The standard InChI is InChI=1S/C17H17F5N2O.C2H6S/c1-16(2,25)11-7-13(12(8-23)17(20,21)22)24-15(14(11)19)9-3-5-10(18)6-4-9;1-3-2/h3-7,12,25H,8,23H2,1-2H3;1-2H3. The van der Waals surface area contributed by atoms with Gasteiger partial charge in [0, 0.05) is 17.7 Å². The first-order chi connectivity index (χ1) is 12.9. The lowest BCUT2D eigenvalue weighted by Crippen LogP contribution is -2.30. The van der Waals surface area contributed by atoms with Gasteiger partial charge in [-0.05, 0) is 56.7 Å². The summed E-state index contributed by atoms with van der Waals surface area (Å²) in [6, 6.07) is 5.34. The van der Waals surface area contributed by atoms with Gasteiger partial charge in [-0.15, -0.1) is 0 Å². The molecule has 1 heterocycles. The lowest BCUT2D eigenvalue weighted by atomic mass is 9.92. The minimum atomic E-state index is -4.68. The molecule has 28 heavy (non-hydrogen) atoms. The molecule has 0 radical (unpaired) electrons. The van der Waals surface area contributed by atoms with E-state index in [1.54, 1.807) is 11.8 Å². The summed E-state index contributed by atoms with van der Waals surface area (Å²) in [5.41, 5.74) is 2.31. The van der Waals surface area contributed by atoms with Gasteiger partial charge >= 0.3 is 6.18 Å². The normalized spacial score (nSPS) is 13.0. The third-order valence-corrected chi connectivity index (χ3v) is 3.74. The maximum Gasteiger partial charge on any atom is 0.398 e. The largest absolute Gasteiger partial charge is 0.398 e. The number of hydrogen-bond donors (Lipinski definition) is 2. The van der Waals surface area contributed by atoms with Crippen LogP contribution in [0.25, 0.3) is 11.3 Å². The summed E-state index contributed by atoms with van der Waals surface area (Å²) in [6.07, 6.45) is -0.601. The first kappa shape index (κ1) is 24.3. The molecule has 0 aliphatic heterocycles. The summed E-state index contributed by atoms with van der Waals surface area (Å²) in [7, 11) is 0. The Bertz CT molecular complexity index is 774. The molecule has 3 nitrogen and oxygen atoms in total. The molecule has 0 aliphatic rings. The van der Waals surface area contributed by atoms with Crippen LogP contribution in [0.1, 0.15) is 31.0 Å². The molecule has 2 rings (SSSR count). The van der Waals surface area contributed by atoms with Gasteiger partial charge in [-0.1, -0.05) is 0 Å². The molecule has 1 unspecified atom stereocenters. The number of nitrogens with two attached hydrogens (primary N) is 1. The summed E-state index contributed by atoms with van der Waals surface area (Å²) in [5, 5.41) is 10.1. The zero-order chi connectivity index (χ0) is 21.7. The molecule has 9 heteroatoms. The molecular formula is C19H23F5N2OS. The SMILES string of the molecule is CC(C)(O)c1cc(C(CN)C(F)(F)F)nc(-c2ccc(F)cc2)c1F.CSC. The molecule has 156 valence electrons. The van der Waals surface area contributed by atoms with Crippen molar-refractivity contribution in [2.24, 2.45) is 5.73 Å². The molecule has 0 amide bonds. The molecule has 0 fully saturated rings. The van der Waals surface area contributed by atoms with E-state index in [9.17, 15) is 27.1 Å². The fraction of sp³-hybridized carbons (Fsp3) is 0.421. The van der Waals surface area contributed by atoms with Gasteiger partial charge in [-0.25, -0.2) is 13.8 Å². The zero-order valence-corrected chi connectivity index (χ0v) is 16.8. The predicted molar refractivity (Wildman–Crippen MR) is 102 cm³/mol. The van der Waals surface area contributed by atoms with E-state index in [0.717, 1.165) is 18.2 Å². The van der Waals surface area contributed by atoms with Crippen molar-refractivity contribution in [2.45, 2.75) is 31.5 Å². The summed E-state index contributed by atoms with van der Waals surface area (Å²) < 4.78 is 67.4. The van der Waals surface area contributed by atoms with Crippen LogP contribution in [0.15, 0.2) is 30.3 Å². The number of rotatable bonds is 4. The van der Waals surface area contributed by atoms with Gasteiger partial charge in [0.15, 0.2) is 5.82 Å². The average Bonchev–Trinajstić information content (AvgIpc) is 2.56. The Morgan fingerprint density at radius 1 is 1.11 bits per heavy atom. The maximum atomic E-state index is 14.8. The van der Waals surface area contributed by atoms with E-state index in [4.69, 9.17) is 5.73 Å². The van der Waals surface area contributed by atoms with Crippen molar-refractivity contribution in [1.82, 2.24) is 4.98 Å². The van der Waals surface area contributed by atoms with E-state index in [1.807, 2.05) is 12.5 Å². The zero-order valence-electron chi connectivity index (χ0n) is 15.9. The van der Waals surface area contributed by atoms with Gasteiger partial charge in [-0.3, -0.25) is 0 Å². The van der Waals surface area contributed by atoms with Crippen LogP contribution in [0.2, 0.25) is 0 Å². The minimum absolute atomic E-state index is 0.0872. The summed E-state index contributed by atoms with van der Waals surface area (Å²) in [5.74, 6) is -3.67. The quantitative estimate of drug-likeness (QED) is 0.693. The molecular weight excluding hydrogens is 399 g/mol. The molecule has 0 bridgehead atoms. The number of hydrogen-bond acceptors (Lipinski definition) is 4. The van der Waals surface area contributed by atoms with Crippen LogP contribution in [-0.4, -0.2) is 35.3 Å². The molecule has 1 aromatic carbocycles. The van der Waals surface area contributed by atoms with Crippen LogP contribution in [0.4, 0.5) is 22.0 Å². The second-order valence-corrected chi connectivity index (χ2v) is 7.38. The number of pyridine rings is 1. The van der Waals surface area contributed by atoms with Crippen LogP contribution in [0.5, 0.6) is 0 Å². The van der Waals surface area contributed by atoms with Gasteiger partial charge in [-0.2, -0.15) is 24.9 Å². The average molecular weight is 422 g/mol. The number of halogens is 5. The Kier molecular flexibility index (Phi) is 8.40. The first-order valence-corrected chi connectivity index (χ1v) is 9.86. The first-order valence-electron chi connectivity index (χ1n) is 8.22. The van der Waals surface area contributed by atoms with E-state index >= 15 is 0 Å². The Morgan fingerprint density at radius 3 is 2.00 bits per heavy atom. The number of alkyl halides is 3. The summed E-state index contributed by atoms with van der Waals surface area (Å²) in [4.78, 5) is 3.78. The fourth-order valence-electron chi connectivity index (χ4n) is 2.39. The Labute approximate surface area is 165 Å². The van der Waals surface area contributed by atoms with Gasteiger partial charge < -0.3 is 10.8 Å². The second-order valence-electron chi connectivity index (χ2n) is 6.56. The predicted octanol–water partition coefficient (Wildman–Crippen LogP) is 4.84. The van der Waals surface area contributed by atoms with Crippen molar-refractivity contribution in [1.29, 1.82) is 0 Å². The Hall–Kier alpha value is -1.71. The highest BCUT2D eigenvalue weighted by atomic mass is 32.2. The molecule has 0 aliphatic carbocycles. The lowest BCUT2D eigenvalue weighted by Gasteiger charge is -2.24. The Balaban J connectivity index is 0.00000122. The topological polar surface area (TPSA) is 59.1 Å². The monoisotopic (exact) mass is 422 g/mol. The van der Waals surface area contributed by atoms with Crippen LogP contribution >= 0.6 is 11.8 Å². The summed E-state index contributed by atoms with van der Waals surface area (Å²) in [6.45, 7) is 1.71. The van der Waals surface area contributed by atoms with E-state index in [-0.39, 0.29) is 11.1 Å². The number of thioether (sulfide) groups is 1. The molecule has 1 atom stereocenters. The lowest BCUT2D eigenvalue weighted by molar-refractivity contribution is -0.148. The number of aromatic nitrogens is 1. The number of nitrogens with zero attached hydrogens (tertiary/aromatic N) is 1. The van der Waals surface area contributed by atoms with Crippen molar-refractivity contribution < 1.29 is 27.1 Å². The van der Waals surface area contributed by atoms with Crippen molar-refractivity contribution in [3.8, 4) is 11.3 Å². The van der Waals surface area contributed by atoms with E-state index in [2.05, 4.69) is 4.98 Å². The van der Waals surface area contributed by atoms with Crippen LogP contribution in [0, 0.1) is 11.6 Å². The van der Waals surface area contributed by atoms with Gasteiger partial charge in [0.25, 0.3) is 0 Å². The highest BCUT2D eigenvalue weighted by Gasteiger charge is 2.42. The molecule has 2 aromatic rings. The molecule has 0 saturated heterocycles. The highest BCUT2D eigenvalue weighted by molar-refractivity contribution is 7.97. The smallest absolute Gasteiger partial charge is 0.386 e. The molecule has 0 saturated carbocycles. The minimum Gasteiger partial charge on any atom is -0.386 e. The van der Waals surface area contributed by atoms with E-state index in [0.29, 0.717) is 0 Å². The van der Waals surface area contributed by atoms with Crippen molar-refractivity contribution in [2.75, 3.05) is 19.1 Å². The maximum absolute atomic E-state index is 14.8. The van der Waals surface area contributed by atoms with E-state index < -0.39 is 47.3 Å². The van der Waals surface area contributed by atoms with Crippen molar-refractivity contribution in [3.63, 3.8) is 0 Å². The van der Waals surface area contributed by atoms with Crippen LogP contribution in [0.3, 0.4) is 0 Å². The van der Waals surface area contributed by atoms with Gasteiger partial charge in [0.2, 0.25) is 0 Å². The highest BCUT2D eigenvalue weighted by Crippen LogP contribution is 2.37. The van der Waals surface area contributed by atoms with Crippen molar-refractivity contribution in [3.05, 3.63) is 53.2 Å². The molecule has 1 aromatic heterocycles. The van der Waals surface area contributed by atoms with Crippen LogP contribution in [-0.2, 0) is 5.60 Å². The van der Waals surface area contributed by atoms with Gasteiger partial charge in [0.05, 0.1) is 11.3 Å². The number of benzene rings is 1. The summed E-state index contributed by atoms with van der Waals surface area (Å²) >= 11 is 1.75.